The highest BCUT2D eigenvalue weighted by Crippen LogP contribution is 2.43. The summed E-state index contributed by atoms with van der Waals surface area (Å²) in [5.41, 5.74) is 0.538. The Labute approximate surface area is 153 Å². The van der Waals surface area contributed by atoms with Gasteiger partial charge < -0.3 is 10.2 Å². The molecule has 25 heavy (non-hydrogen) atoms. The van der Waals surface area contributed by atoms with Crippen molar-refractivity contribution in [2.24, 2.45) is 16.3 Å². The molecule has 1 aliphatic carbocycles. The van der Waals surface area contributed by atoms with Gasteiger partial charge in [0.15, 0.2) is 5.96 Å². The molecule has 2 saturated heterocycles. The SMILES string of the molecule is CN=C(NCC1CCN(S(C)(=O)=O)CC1)N1CCC2(CCCCC2)C1. The van der Waals surface area contributed by atoms with Crippen LogP contribution in [-0.2, 0) is 10.0 Å². The van der Waals surface area contributed by atoms with E-state index in [9.17, 15) is 8.42 Å². The van der Waals surface area contributed by atoms with E-state index in [-0.39, 0.29) is 0 Å². The maximum Gasteiger partial charge on any atom is 0.211 e. The van der Waals surface area contributed by atoms with E-state index in [1.54, 1.807) is 4.31 Å². The van der Waals surface area contributed by atoms with Gasteiger partial charge in [0.2, 0.25) is 10.0 Å². The average Bonchev–Trinajstić information content (AvgIpc) is 2.99. The van der Waals surface area contributed by atoms with E-state index in [2.05, 4.69) is 15.2 Å². The van der Waals surface area contributed by atoms with Crippen molar-refractivity contribution in [3.8, 4) is 0 Å². The van der Waals surface area contributed by atoms with E-state index in [1.807, 2.05) is 7.05 Å². The minimum atomic E-state index is -3.03. The molecule has 0 aromatic rings. The molecule has 1 N–H and O–H groups in total. The summed E-state index contributed by atoms with van der Waals surface area (Å²) in [5.74, 6) is 1.56. The zero-order valence-electron chi connectivity index (χ0n) is 15.8. The standard InChI is InChI=1S/C18H34N4O2S/c1-19-17(21-13-10-18(15-21)8-4-3-5-9-18)20-14-16-6-11-22(12-7-16)25(2,23)24/h16H,3-15H2,1-2H3,(H,19,20). The van der Waals surface area contributed by atoms with Crippen LogP contribution in [0, 0.1) is 11.3 Å². The fraction of sp³-hybridized carbons (Fsp3) is 0.944. The molecule has 7 heteroatoms. The molecule has 0 bridgehead atoms. The van der Waals surface area contributed by atoms with Gasteiger partial charge in [-0.15, -0.1) is 0 Å². The molecule has 0 amide bonds. The van der Waals surface area contributed by atoms with E-state index >= 15 is 0 Å². The highest BCUT2D eigenvalue weighted by atomic mass is 32.2. The monoisotopic (exact) mass is 370 g/mol. The number of aliphatic imine (C=N–C) groups is 1. The van der Waals surface area contributed by atoms with E-state index in [0.717, 1.165) is 38.4 Å². The molecule has 3 rings (SSSR count). The third-order valence-corrected chi connectivity index (χ3v) is 7.76. The van der Waals surface area contributed by atoms with E-state index in [0.29, 0.717) is 24.4 Å². The van der Waals surface area contributed by atoms with Gasteiger partial charge in [0.05, 0.1) is 6.26 Å². The Kier molecular flexibility index (Phi) is 5.93. The van der Waals surface area contributed by atoms with Crippen LogP contribution >= 0.6 is 0 Å². The fourth-order valence-corrected chi connectivity index (χ4v) is 5.71. The second-order valence-corrected chi connectivity index (χ2v) is 10.2. The number of piperidine rings is 1. The highest BCUT2D eigenvalue weighted by Gasteiger charge is 2.39. The summed E-state index contributed by atoms with van der Waals surface area (Å²) >= 11 is 0. The van der Waals surface area contributed by atoms with Gasteiger partial charge in [0, 0.05) is 39.8 Å². The summed E-state index contributed by atoms with van der Waals surface area (Å²) in [6.07, 6.45) is 11.4. The lowest BCUT2D eigenvalue weighted by Gasteiger charge is -2.34. The van der Waals surface area contributed by atoms with Gasteiger partial charge in [-0.25, -0.2) is 12.7 Å². The predicted molar refractivity (Wildman–Crippen MR) is 102 cm³/mol. The molecule has 3 fully saturated rings. The van der Waals surface area contributed by atoms with Crippen LogP contribution in [0.3, 0.4) is 0 Å². The van der Waals surface area contributed by atoms with E-state index < -0.39 is 10.0 Å². The van der Waals surface area contributed by atoms with Crippen LogP contribution in [0.2, 0.25) is 0 Å². The minimum absolute atomic E-state index is 0.529. The largest absolute Gasteiger partial charge is 0.356 e. The Hall–Kier alpha value is -0.820. The van der Waals surface area contributed by atoms with Crippen molar-refractivity contribution in [2.45, 2.75) is 51.4 Å². The first-order valence-electron chi connectivity index (χ1n) is 9.83. The van der Waals surface area contributed by atoms with Crippen molar-refractivity contribution < 1.29 is 8.42 Å². The molecule has 1 spiro atoms. The number of nitrogens with zero attached hydrogens (tertiary/aromatic N) is 3. The molecule has 0 radical (unpaired) electrons. The molecular formula is C18H34N4O2S. The number of rotatable bonds is 3. The van der Waals surface area contributed by atoms with E-state index in [4.69, 9.17) is 0 Å². The molecule has 2 heterocycles. The average molecular weight is 371 g/mol. The number of hydrogen-bond acceptors (Lipinski definition) is 3. The van der Waals surface area contributed by atoms with Crippen molar-refractivity contribution >= 4 is 16.0 Å². The molecule has 0 unspecified atom stereocenters. The summed E-state index contributed by atoms with van der Waals surface area (Å²) in [7, 11) is -1.16. The van der Waals surface area contributed by atoms with Gasteiger partial charge >= 0.3 is 0 Å². The Morgan fingerprint density at radius 1 is 1.12 bits per heavy atom. The molecule has 2 aliphatic heterocycles. The molecular weight excluding hydrogens is 336 g/mol. The first kappa shape index (κ1) is 19.0. The number of likely N-dealkylation sites (tertiary alicyclic amines) is 1. The lowest BCUT2D eigenvalue weighted by atomic mass is 9.73. The first-order chi connectivity index (χ1) is 11.9. The molecule has 0 aromatic carbocycles. The van der Waals surface area contributed by atoms with E-state index in [1.165, 1.54) is 44.8 Å². The van der Waals surface area contributed by atoms with Crippen LogP contribution in [-0.4, -0.2) is 69.6 Å². The topological polar surface area (TPSA) is 65.0 Å². The number of nitrogens with one attached hydrogen (secondary N) is 1. The van der Waals surface area contributed by atoms with Crippen LogP contribution in [0.25, 0.3) is 0 Å². The smallest absolute Gasteiger partial charge is 0.211 e. The van der Waals surface area contributed by atoms with Crippen molar-refractivity contribution in [1.82, 2.24) is 14.5 Å². The number of sulfonamides is 1. The summed E-state index contributed by atoms with van der Waals surface area (Å²) in [4.78, 5) is 6.95. The normalized spacial score (nSPS) is 26.3. The van der Waals surface area contributed by atoms with Gasteiger partial charge in [-0.05, 0) is 43.4 Å². The third-order valence-electron chi connectivity index (χ3n) is 6.46. The van der Waals surface area contributed by atoms with Crippen molar-refractivity contribution in [2.75, 3.05) is 46.0 Å². The predicted octanol–water partition coefficient (Wildman–Crippen LogP) is 1.89. The summed E-state index contributed by atoms with van der Waals surface area (Å²) in [6, 6.07) is 0. The van der Waals surface area contributed by atoms with Crippen LogP contribution < -0.4 is 5.32 Å². The number of hydrogen-bond donors (Lipinski definition) is 1. The Balaban J connectivity index is 1.46. The summed E-state index contributed by atoms with van der Waals surface area (Å²) < 4.78 is 24.8. The van der Waals surface area contributed by atoms with Gasteiger partial charge in [-0.2, -0.15) is 0 Å². The van der Waals surface area contributed by atoms with Gasteiger partial charge in [0.25, 0.3) is 0 Å². The maximum atomic E-state index is 11.6. The van der Waals surface area contributed by atoms with Crippen LogP contribution in [0.1, 0.15) is 51.4 Å². The minimum Gasteiger partial charge on any atom is -0.356 e. The van der Waals surface area contributed by atoms with Crippen LogP contribution in [0.5, 0.6) is 0 Å². The molecule has 3 aliphatic rings. The molecule has 144 valence electrons. The lowest BCUT2D eigenvalue weighted by molar-refractivity contribution is 0.203. The molecule has 6 nitrogen and oxygen atoms in total. The van der Waals surface area contributed by atoms with Gasteiger partial charge in [0.1, 0.15) is 0 Å². The number of guanidine groups is 1. The molecule has 0 atom stereocenters. The van der Waals surface area contributed by atoms with Crippen molar-refractivity contribution in [3.63, 3.8) is 0 Å². The van der Waals surface area contributed by atoms with Gasteiger partial charge in [-0.1, -0.05) is 19.3 Å². The first-order valence-corrected chi connectivity index (χ1v) is 11.7. The Morgan fingerprint density at radius 3 is 2.40 bits per heavy atom. The Morgan fingerprint density at radius 2 is 1.80 bits per heavy atom. The fourth-order valence-electron chi connectivity index (χ4n) is 4.84. The highest BCUT2D eigenvalue weighted by molar-refractivity contribution is 7.88. The summed E-state index contributed by atoms with van der Waals surface area (Å²) in [6.45, 7) is 4.46. The second kappa shape index (κ2) is 7.82. The Bertz CT molecular complexity index is 576. The van der Waals surface area contributed by atoms with Crippen LogP contribution in [0.15, 0.2) is 4.99 Å². The van der Waals surface area contributed by atoms with Gasteiger partial charge in [-0.3, -0.25) is 4.99 Å². The maximum absolute atomic E-state index is 11.6. The van der Waals surface area contributed by atoms with Crippen LogP contribution in [0.4, 0.5) is 0 Å². The third kappa shape index (κ3) is 4.67. The van der Waals surface area contributed by atoms with Crippen molar-refractivity contribution in [3.05, 3.63) is 0 Å². The zero-order chi connectivity index (χ0) is 17.9. The van der Waals surface area contributed by atoms with Crippen molar-refractivity contribution in [1.29, 1.82) is 0 Å². The zero-order valence-corrected chi connectivity index (χ0v) is 16.7. The molecule has 1 saturated carbocycles. The molecule has 0 aromatic heterocycles. The second-order valence-electron chi connectivity index (χ2n) is 8.27. The quantitative estimate of drug-likeness (QED) is 0.609. The lowest BCUT2D eigenvalue weighted by Crippen LogP contribution is -2.45. The summed E-state index contributed by atoms with van der Waals surface area (Å²) in [5, 5.41) is 3.56.